The number of rotatable bonds is 5. The molecule has 1 atom stereocenters. The molecule has 1 unspecified atom stereocenters. The van der Waals surface area contributed by atoms with E-state index in [1.54, 1.807) is 0 Å². The summed E-state index contributed by atoms with van der Waals surface area (Å²) < 4.78 is 9.79. The molecule has 4 heterocycles. The van der Waals surface area contributed by atoms with Gasteiger partial charge in [-0.1, -0.05) is 6.07 Å². The van der Waals surface area contributed by atoms with E-state index in [1.165, 1.54) is 5.69 Å². The van der Waals surface area contributed by atoms with Crippen LogP contribution in [-0.2, 0) is 18.3 Å². The number of imidazole rings is 2. The standard InChI is InChI=1S/C18H23N5O/c1-22-9-7-20-18(22)17(14-5-11-24-12-6-14)21-13-15-3-2-4-16-19-8-10-23(15)16/h2-4,7-10,14,17,21H,5-6,11-13H2,1H3. The molecule has 1 aliphatic heterocycles. The van der Waals surface area contributed by atoms with Gasteiger partial charge in [-0.05, 0) is 30.9 Å². The second-order valence-corrected chi connectivity index (χ2v) is 6.38. The Morgan fingerprint density at radius 3 is 2.83 bits per heavy atom. The van der Waals surface area contributed by atoms with Crippen LogP contribution in [0.1, 0.15) is 30.4 Å². The number of nitrogens with one attached hydrogen (secondary N) is 1. The zero-order chi connectivity index (χ0) is 16.4. The third-order valence-corrected chi connectivity index (χ3v) is 4.89. The minimum absolute atomic E-state index is 0.229. The van der Waals surface area contributed by atoms with Gasteiger partial charge < -0.3 is 19.0 Å². The van der Waals surface area contributed by atoms with Crippen LogP contribution >= 0.6 is 0 Å². The van der Waals surface area contributed by atoms with Crippen molar-refractivity contribution in [3.8, 4) is 0 Å². The summed E-state index contributed by atoms with van der Waals surface area (Å²) in [4.78, 5) is 8.96. The van der Waals surface area contributed by atoms with E-state index in [2.05, 4.69) is 43.4 Å². The molecule has 24 heavy (non-hydrogen) atoms. The van der Waals surface area contributed by atoms with E-state index >= 15 is 0 Å². The smallest absolute Gasteiger partial charge is 0.136 e. The first-order chi connectivity index (χ1) is 11.8. The molecule has 6 heteroatoms. The first-order valence-corrected chi connectivity index (χ1v) is 8.52. The van der Waals surface area contributed by atoms with Gasteiger partial charge in [0, 0.05) is 57.3 Å². The van der Waals surface area contributed by atoms with Crippen molar-refractivity contribution < 1.29 is 4.74 Å². The van der Waals surface area contributed by atoms with Crippen molar-refractivity contribution in [1.82, 2.24) is 24.3 Å². The molecular weight excluding hydrogens is 302 g/mol. The number of ether oxygens (including phenoxy) is 1. The molecule has 1 fully saturated rings. The van der Waals surface area contributed by atoms with Crippen molar-refractivity contribution in [3.05, 3.63) is 54.5 Å². The molecule has 1 N–H and O–H groups in total. The molecule has 0 aliphatic carbocycles. The summed E-state index contributed by atoms with van der Waals surface area (Å²) in [5.74, 6) is 1.64. The molecule has 0 saturated carbocycles. The lowest BCUT2D eigenvalue weighted by atomic mass is 9.91. The van der Waals surface area contributed by atoms with Gasteiger partial charge in [-0.15, -0.1) is 0 Å². The number of pyridine rings is 1. The molecule has 0 bridgehead atoms. The van der Waals surface area contributed by atoms with E-state index in [1.807, 2.05) is 30.9 Å². The molecule has 0 radical (unpaired) electrons. The van der Waals surface area contributed by atoms with Crippen molar-refractivity contribution in [2.45, 2.75) is 25.4 Å². The molecule has 3 aromatic rings. The van der Waals surface area contributed by atoms with E-state index in [0.29, 0.717) is 5.92 Å². The van der Waals surface area contributed by atoms with Gasteiger partial charge in [0.15, 0.2) is 0 Å². The Kier molecular flexibility index (Phi) is 4.32. The van der Waals surface area contributed by atoms with Gasteiger partial charge in [0.1, 0.15) is 11.5 Å². The molecule has 3 aromatic heterocycles. The SMILES string of the molecule is Cn1ccnc1C(NCc1cccc2nccn12)C1CCOCC1. The van der Waals surface area contributed by atoms with Gasteiger partial charge >= 0.3 is 0 Å². The van der Waals surface area contributed by atoms with Crippen LogP contribution in [0, 0.1) is 5.92 Å². The summed E-state index contributed by atoms with van der Waals surface area (Å²) in [5, 5.41) is 3.74. The quantitative estimate of drug-likeness (QED) is 0.782. The molecule has 6 nitrogen and oxygen atoms in total. The fourth-order valence-electron chi connectivity index (χ4n) is 3.56. The van der Waals surface area contributed by atoms with Gasteiger partial charge in [0.05, 0.1) is 6.04 Å². The van der Waals surface area contributed by atoms with Crippen LogP contribution in [0.15, 0.2) is 43.0 Å². The summed E-state index contributed by atoms with van der Waals surface area (Å²) in [6.07, 6.45) is 9.88. The second-order valence-electron chi connectivity index (χ2n) is 6.38. The molecule has 1 aliphatic rings. The number of aryl methyl sites for hydroxylation is 1. The van der Waals surface area contributed by atoms with Gasteiger partial charge in [-0.3, -0.25) is 0 Å². The van der Waals surface area contributed by atoms with Crippen molar-refractivity contribution >= 4 is 5.65 Å². The lowest BCUT2D eigenvalue weighted by molar-refractivity contribution is 0.0517. The van der Waals surface area contributed by atoms with Gasteiger partial charge in [0.25, 0.3) is 0 Å². The average molecular weight is 325 g/mol. The first-order valence-electron chi connectivity index (χ1n) is 8.52. The fraction of sp³-hybridized carbons (Fsp3) is 0.444. The first kappa shape index (κ1) is 15.4. The van der Waals surface area contributed by atoms with E-state index in [9.17, 15) is 0 Å². The Morgan fingerprint density at radius 1 is 1.21 bits per heavy atom. The predicted molar refractivity (Wildman–Crippen MR) is 91.5 cm³/mol. The maximum atomic E-state index is 5.54. The van der Waals surface area contributed by atoms with Crippen LogP contribution in [0.4, 0.5) is 0 Å². The lowest BCUT2D eigenvalue weighted by Gasteiger charge is -2.30. The van der Waals surface area contributed by atoms with E-state index in [4.69, 9.17) is 4.74 Å². The van der Waals surface area contributed by atoms with Gasteiger partial charge in [-0.2, -0.15) is 0 Å². The Balaban J connectivity index is 1.57. The summed E-state index contributed by atoms with van der Waals surface area (Å²) in [6, 6.07) is 6.45. The summed E-state index contributed by atoms with van der Waals surface area (Å²) in [5.41, 5.74) is 2.19. The number of nitrogens with zero attached hydrogens (tertiary/aromatic N) is 4. The van der Waals surface area contributed by atoms with Crippen LogP contribution in [0.2, 0.25) is 0 Å². The largest absolute Gasteiger partial charge is 0.381 e. The van der Waals surface area contributed by atoms with Gasteiger partial charge in [-0.25, -0.2) is 9.97 Å². The highest BCUT2D eigenvalue weighted by Crippen LogP contribution is 2.29. The highest BCUT2D eigenvalue weighted by molar-refractivity contribution is 5.39. The number of hydrogen-bond donors (Lipinski definition) is 1. The van der Waals surface area contributed by atoms with E-state index in [-0.39, 0.29) is 6.04 Å². The number of aromatic nitrogens is 4. The molecule has 4 rings (SSSR count). The maximum absolute atomic E-state index is 5.54. The zero-order valence-electron chi connectivity index (χ0n) is 13.9. The average Bonchev–Trinajstić information content (AvgIpc) is 3.26. The third-order valence-electron chi connectivity index (χ3n) is 4.89. The molecule has 0 spiro atoms. The molecule has 1 saturated heterocycles. The van der Waals surface area contributed by atoms with Crippen LogP contribution in [0.3, 0.4) is 0 Å². The van der Waals surface area contributed by atoms with E-state index in [0.717, 1.165) is 44.1 Å². The molecular formula is C18H23N5O. The van der Waals surface area contributed by atoms with E-state index < -0.39 is 0 Å². The second kappa shape index (κ2) is 6.75. The maximum Gasteiger partial charge on any atom is 0.136 e. The highest BCUT2D eigenvalue weighted by Gasteiger charge is 2.28. The summed E-state index contributed by atoms with van der Waals surface area (Å²) in [6.45, 7) is 2.46. The summed E-state index contributed by atoms with van der Waals surface area (Å²) in [7, 11) is 2.06. The minimum atomic E-state index is 0.229. The minimum Gasteiger partial charge on any atom is -0.381 e. The Labute approximate surface area is 141 Å². The Morgan fingerprint density at radius 2 is 2.04 bits per heavy atom. The normalized spacial score (nSPS) is 17.4. The molecule has 0 amide bonds. The van der Waals surface area contributed by atoms with Crippen LogP contribution in [0.25, 0.3) is 5.65 Å². The Hall–Kier alpha value is -2.18. The molecule has 0 aromatic carbocycles. The Bertz CT molecular complexity index is 802. The number of fused-ring (bicyclic) bond motifs is 1. The monoisotopic (exact) mass is 325 g/mol. The molecule has 126 valence electrons. The van der Waals surface area contributed by atoms with Crippen LogP contribution in [0.5, 0.6) is 0 Å². The summed E-state index contributed by atoms with van der Waals surface area (Å²) >= 11 is 0. The van der Waals surface area contributed by atoms with Crippen molar-refractivity contribution in [2.75, 3.05) is 13.2 Å². The predicted octanol–water partition coefficient (Wildman–Crippen LogP) is 2.33. The van der Waals surface area contributed by atoms with Gasteiger partial charge in [0.2, 0.25) is 0 Å². The third kappa shape index (κ3) is 2.95. The van der Waals surface area contributed by atoms with Crippen molar-refractivity contribution in [1.29, 1.82) is 0 Å². The van der Waals surface area contributed by atoms with Crippen molar-refractivity contribution in [3.63, 3.8) is 0 Å². The zero-order valence-corrected chi connectivity index (χ0v) is 13.9. The lowest BCUT2D eigenvalue weighted by Crippen LogP contribution is -2.34. The highest BCUT2D eigenvalue weighted by atomic mass is 16.5. The fourth-order valence-corrected chi connectivity index (χ4v) is 3.56. The van der Waals surface area contributed by atoms with Crippen LogP contribution < -0.4 is 5.32 Å². The number of hydrogen-bond acceptors (Lipinski definition) is 4. The van der Waals surface area contributed by atoms with Crippen LogP contribution in [-0.4, -0.2) is 32.1 Å². The van der Waals surface area contributed by atoms with Crippen molar-refractivity contribution in [2.24, 2.45) is 13.0 Å². The topological polar surface area (TPSA) is 56.4 Å².